The van der Waals surface area contributed by atoms with Gasteiger partial charge in [0.2, 0.25) is 0 Å². The van der Waals surface area contributed by atoms with Crippen LogP contribution in [-0.4, -0.2) is 40.5 Å². The lowest BCUT2D eigenvalue weighted by atomic mass is 9.95. The van der Waals surface area contributed by atoms with Crippen molar-refractivity contribution in [2.45, 2.75) is 25.8 Å². The van der Waals surface area contributed by atoms with Gasteiger partial charge < -0.3 is 19.0 Å². The molecule has 0 aliphatic carbocycles. The summed E-state index contributed by atoms with van der Waals surface area (Å²) in [5.41, 5.74) is 4.19. The molecule has 1 fully saturated rings. The minimum absolute atomic E-state index is 0.214. The summed E-state index contributed by atoms with van der Waals surface area (Å²) in [7, 11) is 1.64. The van der Waals surface area contributed by atoms with Crippen molar-refractivity contribution in [3.63, 3.8) is 0 Å². The van der Waals surface area contributed by atoms with Gasteiger partial charge in [0.1, 0.15) is 24.0 Å². The lowest BCUT2D eigenvalue weighted by molar-refractivity contribution is 0.0561. The number of imidazole rings is 1. The Morgan fingerprint density at radius 3 is 2.82 bits per heavy atom. The standard InChI is InChI=1S/C25H24F2N4O2/c1-16-13-30(15-28-16)22-8-5-17(11-24(22)32-2)10-18-4-3-9-31-23(14-33-29-25(18)31)20-7-6-19(26)12-21(20)27/h5-8,10-13,15,23H,3-4,9,14H2,1-2H3. The molecule has 2 aliphatic heterocycles. The quantitative estimate of drug-likeness (QED) is 0.559. The highest BCUT2D eigenvalue weighted by Gasteiger charge is 2.34. The van der Waals surface area contributed by atoms with Crippen molar-refractivity contribution in [1.29, 1.82) is 0 Å². The predicted octanol–water partition coefficient (Wildman–Crippen LogP) is 5.03. The maximum Gasteiger partial charge on any atom is 0.172 e. The van der Waals surface area contributed by atoms with Crippen LogP contribution < -0.4 is 4.74 Å². The number of halogens is 2. The van der Waals surface area contributed by atoms with E-state index in [0.717, 1.165) is 53.7 Å². The van der Waals surface area contributed by atoms with E-state index in [1.54, 1.807) is 13.4 Å². The average Bonchev–Trinajstić information content (AvgIpc) is 3.25. The Balaban J connectivity index is 1.46. The number of benzene rings is 2. The number of oxime groups is 1. The number of amidine groups is 1. The maximum atomic E-state index is 14.5. The molecule has 8 heteroatoms. The summed E-state index contributed by atoms with van der Waals surface area (Å²) in [4.78, 5) is 11.8. The molecule has 0 radical (unpaired) electrons. The van der Waals surface area contributed by atoms with Crippen LogP contribution in [0.3, 0.4) is 0 Å². The van der Waals surface area contributed by atoms with Gasteiger partial charge in [-0.25, -0.2) is 13.8 Å². The first-order valence-corrected chi connectivity index (χ1v) is 10.8. The molecule has 3 aromatic rings. The fourth-order valence-corrected chi connectivity index (χ4v) is 4.43. The van der Waals surface area contributed by atoms with Gasteiger partial charge in [-0.1, -0.05) is 17.3 Å². The molecule has 0 bridgehead atoms. The van der Waals surface area contributed by atoms with E-state index in [9.17, 15) is 8.78 Å². The lowest BCUT2D eigenvalue weighted by Gasteiger charge is -2.40. The number of ether oxygens (including phenoxy) is 1. The van der Waals surface area contributed by atoms with Gasteiger partial charge in [-0.05, 0) is 55.2 Å². The van der Waals surface area contributed by atoms with Crippen molar-refractivity contribution in [2.75, 3.05) is 20.3 Å². The van der Waals surface area contributed by atoms with Crippen molar-refractivity contribution in [3.8, 4) is 11.4 Å². The lowest BCUT2D eigenvalue weighted by Crippen LogP contribution is -2.44. The number of piperidine rings is 1. The van der Waals surface area contributed by atoms with Gasteiger partial charge >= 0.3 is 0 Å². The summed E-state index contributed by atoms with van der Waals surface area (Å²) in [5.74, 6) is 0.248. The van der Waals surface area contributed by atoms with Crippen molar-refractivity contribution >= 4 is 11.9 Å². The average molecular weight is 450 g/mol. The van der Waals surface area contributed by atoms with E-state index >= 15 is 0 Å². The molecule has 0 spiro atoms. The zero-order valence-corrected chi connectivity index (χ0v) is 18.5. The largest absolute Gasteiger partial charge is 0.495 e. The van der Waals surface area contributed by atoms with Crippen LogP contribution >= 0.6 is 0 Å². The zero-order valence-electron chi connectivity index (χ0n) is 18.5. The molecule has 3 heterocycles. The normalized spacial score (nSPS) is 19.2. The molecule has 1 aromatic heterocycles. The summed E-state index contributed by atoms with van der Waals surface area (Å²) < 4.78 is 35.5. The van der Waals surface area contributed by atoms with E-state index in [2.05, 4.69) is 21.1 Å². The van der Waals surface area contributed by atoms with Crippen LogP contribution in [0.4, 0.5) is 8.78 Å². The van der Waals surface area contributed by atoms with E-state index in [0.29, 0.717) is 11.4 Å². The number of hydrogen-bond acceptors (Lipinski definition) is 5. The minimum atomic E-state index is -0.593. The Morgan fingerprint density at radius 2 is 2.06 bits per heavy atom. The van der Waals surface area contributed by atoms with E-state index in [1.165, 1.54) is 12.1 Å². The van der Waals surface area contributed by atoms with Gasteiger partial charge in [-0.3, -0.25) is 0 Å². The van der Waals surface area contributed by atoms with Crippen LogP contribution in [0, 0.1) is 18.6 Å². The smallest absolute Gasteiger partial charge is 0.172 e. The van der Waals surface area contributed by atoms with Crippen molar-refractivity contribution < 1.29 is 18.4 Å². The first-order chi connectivity index (χ1) is 16.0. The number of methoxy groups -OCH3 is 1. The van der Waals surface area contributed by atoms with Crippen LogP contribution in [0.25, 0.3) is 11.8 Å². The predicted molar refractivity (Wildman–Crippen MR) is 121 cm³/mol. The van der Waals surface area contributed by atoms with Crippen molar-refractivity contribution in [3.05, 3.63) is 83.0 Å². The molecule has 1 saturated heterocycles. The summed E-state index contributed by atoms with van der Waals surface area (Å²) in [5, 5.41) is 4.30. The molecule has 33 heavy (non-hydrogen) atoms. The molecule has 2 aromatic carbocycles. The molecule has 170 valence electrons. The number of aromatic nitrogens is 2. The highest BCUT2D eigenvalue weighted by molar-refractivity contribution is 6.03. The molecular formula is C25H24F2N4O2. The molecule has 2 aliphatic rings. The fourth-order valence-electron chi connectivity index (χ4n) is 4.43. The molecule has 1 unspecified atom stereocenters. The molecule has 1 atom stereocenters. The van der Waals surface area contributed by atoms with Crippen molar-refractivity contribution in [2.24, 2.45) is 5.16 Å². The monoisotopic (exact) mass is 450 g/mol. The van der Waals surface area contributed by atoms with Crippen LogP contribution in [0.15, 0.2) is 59.7 Å². The molecule has 0 saturated carbocycles. The second-order valence-electron chi connectivity index (χ2n) is 8.21. The second-order valence-corrected chi connectivity index (χ2v) is 8.21. The molecule has 6 nitrogen and oxygen atoms in total. The number of aryl methyl sites for hydroxylation is 1. The SMILES string of the molecule is COc1cc(C=C2CCCN3C2=NOCC3c2ccc(F)cc2F)ccc1-n1cnc(C)c1. The Labute approximate surface area is 190 Å². The number of hydrogen-bond donors (Lipinski definition) is 0. The van der Waals surface area contributed by atoms with E-state index < -0.39 is 11.6 Å². The second kappa shape index (κ2) is 8.69. The molecule has 0 N–H and O–H groups in total. The number of rotatable bonds is 4. The Kier molecular flexibility index (Phi) is 5.58. The van der Waals surface area contributed by atoms with E-state index in [1.807, 2.05) is 35.9 Å². The summed E-state index contributed by atoms with van der Waals surface area (Å²) in [6.07, 6.45) is 7.48. The van der Waals surface area contributed by atoms with Gasteiger partial charge in [0, 0.05) is 24.4 Å². The third-order valence-corrected chi connectivity index (χ3v) is 6.02. The first-order valence-electron chi connectivity index (χ1n) is 10.8. The van der Waals surface area contributed by atoms with Gasteiger partial charge in [0.15, 0.2) is 5.84 Å². The van der Waals surface area contributed by atoms with Crippen LogP contribution in [0.1, 0.15) is 35.7 Å². The Hall–Kier alpha value is -3.68. The number of fused-ring (bicyclic) bond motifs is 1. The van der Waals surface area contributed by atoms with Crippen LogP contribution in [0.5, 0.6) is 5.75 Å². The highest BCUT2D eigenvalue weighted by Crippen LogP contribution is 2.34. The topological polar surface area (TPSA) is 51.9 Å². The Morgan fingerprint density at radius 1 is 1.18 bits per heavy atom. The molecule has 5 rings (SSSR count). The van der Waals surface area contributed by atoms with E-state index in [4.69, 9.17) is 9.57 Å². The van der Waals surface area contributed by atoms with E-state index in [-0.39, 0.29) is 12.6 Å². The maximum absolute atomic E-state index is 14.5. The van der Waals surface area contributed by atoms with Crippen molar-refractivity contribution in [1.82, 2.24) is 14.5 Å². The van der Waals surface area contributed by atoms with Gasteiger partial charge in [0.25, 0.3) is 0 Å². The third kappa shape index (κ3) is 4.08. The minimum Gasteiger partial charge on any atom is -0.495 e. The Bertz CT molecular complexity index is 1250. The molecule has 0 amide bonds. The summed E-state index contributed by atoms with van der Waals surface area (Å²) in [6, 6.07) is 9.29. The summed E-state index contributed by atoms with van der Waals surface area (Å²) >= 11 is 0. The fraction of sp³-hybridized carbons (Fsp3) is 0.280. The number of nitrogens with zero attached hydrogens (tertiary/aromatic N) is 4. The van der Waals surface area contributed by atoms with Gasteiger partial charge in [0.05, 0.1) is 30.9 Å². The summed E-state index contributed by atoms with van der Waals surface area (Å²) in [6.45, 7) is 2.88. The van der Waals surface area contributed by atoms with Crippen LogP contribution in [-0.2, 0) is 4.84 Å². The van der Waals surface area contributed by atoms with Crippen LogP contribution in [0.2, 0.25) is 0 Å². The van der Waals surface area contributed by atoms with Gasteiger partial charge in [-0.15, -0.1) is 0 Å². The zero-order chi connectivity index (χ0) is 22.9. The van der Waals surface area contributed by atoms with Gasteiger partial charge in [-0.2, -0.15) is 0 Å². The third-order valence-electron chi connectivity index (χ3n) is 6.02. The first kappa shape index (κ1) is 21.2. The highest BCUT2D eigenvalue weighted by atomic mass is 19.1. The molecular weight excluding hydrogens is 426 g/mol.